The van der Waals surface area contributed by atoms with Gasteiger partial charge in [0.05, 0.1) is 85.9 Å². The maximum Gasteiger partial charge on any atom is 0.267 e. The molecule has 0 aromatic carbocycles. The van der Waals surface area contributed by atoms with Crippen LogP contribution in [0.4, 0.5) is 0 Å². The number of hydrogen-bond donors (Lipinski definition) is 1. The summed E-state index contributed by atoms with van der Waals surface area (Å²) in [4.78, 5) is 34.0. The molecule has 40 heavy (non-hydrogen) atoms. The lowest BCUT2D eigenvalue weighted by molar-refractivity contribution is -0.226. The second-order valence-electron chi connectivity index (χ2n) is 8.29. The highest BCUT2D eigenvalue weighted by atomic mass is 32.2. The van der Waals surface area contributed by atoms with Crippen LogP contribution < -0.4 is 15.1 Å². The van der Waals surface area contributed by atoms with Crippen molar-refractivity contribution in [3.05, 3.63) is 0 Å². The zero-order valence-corrected chi connectivity index (χ0v) is 26.4. The molecule has 2 unspecified atom stereocenters. The van der Waals surface area contributed by atoms with Gasteiger partial charge in [-0.15, -0.1) is 0 Å². The lowest BCUT2D eigenvalue weighted by Gasteiger charge is -2.22. The minimum absolute atomic E-state index is 0.0125. The molecule has 0 bridgehead atoms. The van der Waals surface area contributed by atoms with Crippen molar-refractivity contribution in [3.8, 4) is 0 Å². The zero-order chi connectivity index (χ0) is 29.8. The van der Waals surface area contributed by atoms with E-state index in [1.807, 2.05) is 6.26 Å². The molecular formula is C23H47NO13P2S-2. The van der Waals surface area contributed by atoms with Gasteiger partial charge in [-0.2, -0.15) is 11.8 Å². The van der Waals surface area contributed by atoms with Crippen LogP contribution in [0.1, 0.15) is 32.1 Å². The Labute approximate surface area is 242 Å². The first kappa shape index (κ1) is 39.9. The van der Waals surface area contributed by atoms with Gasteiger partial charge in [-0.05, 0) is 19.1 Å². The summed E-state index contributed by atoms with van der Waals surface area (Å²) in [6.45, 7) is 4.64. The Morgan fingerprint density at radius 2 is 1.07 bits per heavy atom. The number of thioether (sulfide) groups is 1. The zero-order valence-electron chi connectivity index (χ0n) is 23.8. The van der Waals surface area contributed by atoms with Gasteiger partial charge in [-0.1, -0.05) is 12.8 Å². The van der Waals surface area contributed by atoms with Crippen molar-refractivity contribution in [2.45, 2.75) is 32.1 Å². The number of rotatable bonds is 31. The molecule has 2 atom stereocenters. The molecule has 0 heterocycles. The maximum absolute atomic E-state index is 11.7. The summed E-state index contributed by atoms with van der Waals surface area (Å²) < 4.78 is 63.1. The highest BCUT2D eigenvalue weighted by molar-refractivity contribution is 7.98. The average molecular weight is 640 g/mol. The fourth-order valence-corrected chi connectivity index (χ4v) is 4.28. The average Bonchev–Trinajstić information content (AvgIpc) is 2.89. The van der Waals surface area contributed by atoms with Gasteiger partial charge >= 0.3 is 0 Å². The van der Waals surface area contributed by atoms with Crippen LogP contribution in [0.15, 0.2) is 0 Å². The number of amides is 1. The van der Waals surface area contributed by atoms with E-state index in [1.165, 1.54) is 0 Å². The summed E-state index contributed by atoms with van der Waals surface area (Å²) in [7, 11) is -8.06. The maximum atomic E-state index is 11.7. The number of hydrogen-bond acceptors (Lipinski definition) is 14. The smallest absolute Gasteiger partial charge is 0.267 e. The van der Waals surface area contributed by atoms with E-state index >= 15 is 0 Å². The molecule has 1 N–H and O–H groups in total. The second-order valence-corrected chi connectivity index (χ2v) is 12.5. The van der Waals surface area contributed by atoms with Gasteiger partial charge in [0.25, 0.3) is 7.82 Å². The van der Waals surface area contributed by atoms with Gasteiger partial charge in [-0.3, -0.25) is 9.36 Å². The van der Waals surface area contributed by atoms with Gasteiger partial charge < -0.3 is 56.9 Å². The van der Waals surface area contributed by atoms with Crippen LogP contribution in [0, 0.1) is 0 Å². The van der Waals surface area contributed by atoms with Crippen molar-refractivity contribution in [2.24, 2.45) is 0 Å². The Kier molecular flexibility index (Phi) is 27.6. The first-order valence-electron chi connectivity index (χ1n) is 13.3. The van der Waals surface area contributed by atoms with Crippen molar-refractivity contribution in [1.82, 2.24) is 5.32 Å². The van der Waals surface area contributed by atoms with E-state index in [0.717, 1.165) is 31.7 Å². The normalized spacial score (nSPS) is 14.6. The predicted molar refractivity (Wildman–Crippen MR) is 148 cm³/mol. The monoisotopic (exact) mass is 639 g/mol. The lowest BCUT2D eigenvalue weighted by atomic mass is 10.2. The molecule has 0 rings (SSSR count). The van der Waals surface area contributed by atoms with E-state index in [0.29, 0.717) is 65.6 Å². The van der Waals surface area contributed by atoms with Gasteiger partial charge in [0.1, 0.15) is 7.60 Å². The molecule has 0 radical (unpaired) electrons. The molecule has 0 saturated carbocycles. The van der Waals surface area contributed by atoms with E-state index in [4.69, 9.17) is 32.7 Å². The molecule has 0 spiro atoms. The highest BCUT2D eigenvalue weighted by Gasteiger charge is 2.09. The van der Waals surface area contributed by atoms with E-state index in [-0.39, 0.29) is 45.5 Å². The van der Waals surface area contributed by atoms with E-state index < -0.39 is 15.4 Å². The standard InChI is InChI=1S/C23H49NO13P2S/c1-38(26,27)35-20-18-33-16-14-31-12-10-30-11-13-32-15-17-34-19-21-37-39(28,29)36-9-6-4-3-5-8-24-23(25)7-22-40-2/h3-22H2,1-2H3,(H,24,25)(H,26,27)(H,28,29)/p-2. The van der Waals surface area contributed by atoms with Crippen LogP contribution in [0.2, 0.25) is 0 Å². The molecule has 17 heteroatoms. The molecule has 0 saturated heterocycles. The molecule has 0 aliphatic rings. The topological polar surface area (TPSA) is 183 Å². The summed E-state index contributed by atoms with van der Waals surface area (Å²) in [6.07, 6.45) is 5.58. The van der Waals surface area contributed by atoms with Crippen molar-refractivity contribution >= 4 is 33.1 Å². The first-order valence-corrected chi connectivity index (χ1v) is 18.2. The number of unbranched alkanes of at least 4 members (excludes halogenated alkanes) is 3. The van der Waals surface area contributed by atoms with Gasteiger partial charge in [0.2, 0.25) is 5.91 Å². The third-order valence-corrected chi connectivity index (χ3v) is 6.96. The van der Waals surface area contributed by atoms with Crippen LogP contribution >= 0.6 is 27.2 Å². The minimum atomic E-state index is -4.35. The van der Waals surface area contributed by atoms with E-state index in [9.17, 15) is 23.7 Å². The summed E-state index contributed by atoms with van der Waals surface area (Å²) in [5, 5.41) is 2.86. The summed E-state index contributed by atoms with van der Waals surface area (Å²) in [6, 6.07) is 0. The number of phosphoric acid groups is 1. The van der Waals surface area contributed by atoms with Gasteiger partial charge in [-0.25, -0.2) is 0 Å². The number of carbonyl (C=O) groups excluding carboxylic acids is 1. The minimum Gasteiger partial charge on any atom is -0.779 e. The summed E-state index contributed by atoms with van der Waals surface area (Å²) in [5.41, 5.74) is 0. The van der Waals surface area contributed by atoms with E-state index in [2.05, 4.69) is 9.84 Å². The van der Waals surface area contributed by atoms with Crippen molar-refractivity contribution in [3.63, 3.8) is 0 Å². The second kappa shape index (κ2) is 27.7. The molecule has 14 nitrogen and oxygen atoms in total. The van der Waals surface area contributed by atoms with Crippen LogP contribution in [0.3, 0.4) is 0 Å². The first-order chi connectivity index (χ1) is 19.2. The van der Waals surface area contributed by atoms with Gasteiger partial charge in [0, 0.05) is 25.4 Å². The van der Waals surface area contributed by atoms with Crippen LogP contribution in [-0.4, -0.2) is 117 Å². The van der Waals surface area contributed by atoms with Gasteiger partial charge in [0.15, 0.2) is 0 Å². The Morgan fingerprint density at radius 1 is 0.650 bits per heavy atom. The Hall–Kier alpha value is -0.120. The number of carbonyl (C=O) groups is 1. The third-order valence-electron chi connectivity index (χ3n) is 4.69. The number of ether oxygens (including phenoxy) is 5. The number of nitrogens with one attached hydrogen (secondary N) is 1. The van der Waals surface area contributed by atoms with E-state index in [1.54, 1.807) is 11.8 Å². The SMILES string of the molecule is CSCCC(=O)NCCCCCCOP(=O)([O-])OCCOCCOCCOCCOCCOCCOP(C)(=O)[O-]. The molecular weight excluding hydrogens is 592 g/mol. The molecule has 0 aromatic rings. The molecule has 0 aliphatic carbocycles. The van der Waals surface area contributed by atoms with Crippen molar-refractivity contribution in [1.29, 1.82) is 0 Å². The predicted octanol–water partition coefficient (Wildman–Crippen LogP) is 1.20. The molecule has 240 valence electrons. The molecule has 0 aromatic heterocycles. The molecule has 0 aliphatic heterocycles. The lowest BCUT2D eigenvalue weighted by Crippen LogP contribution is -2.24. The van der Waals surface area contributed by atoms with Crippen molar-refractivity contribution in [2.75, 3.05) is 111 Å². The Balaban J connectivity index is 3.33. The van der Waals surface area contributed by atoms with Crippen LogP contribution in [0.25, 0.3) is 0 Å². The number of phosphoric ester groups is 1. The quantitative estimate of drug-likeness (QED) is 0.0843. The van der Waals surface area contributed by atoms with Crippen molar-refractivity contribution < 1.29 is 61.0 Å². The largest absolute Gasteiger partial charge is 0.779 e. The fourth-order valence-electron chi connectivity index (χ4n) is 2.76. The van der Waals surface area contributed by atoms with Crippen LogP contribution in [-0.2, 0) is 51.2 Å². The molecule has 1 amide bonds. The fraction of sp³-hybridized carbons (Fsp3) is 0.957. The summed E-state index contributed by atoms with van der Waals surface area (Å²) in [5.74, 6) is 0.870. The van der Waals surface area contributed by atoms with Crippen LogP contribution in [0.5, 0.6) is 0 Å². The Bertz CT molecular complexity index is 687. The highest BCUT2D eigenvalue weighted by Crippen LogP contribution is 2.38. The summed E-state index contributed by atoms with van der Waals surface area (Å²) >= 11 is 1.64. The Morgan fingerprint density at radius 3 is 1.55 bits per heavy atom. The molecule has 0 fully saturated rings. The third kappa shape index (κ3) is 32.4.